The van der Waals surface area contributed by atoms with Crippen LogP contribution >= 0.6 is 11.3 Å². The summed E-state index contributed by atoms with van der Waals surface area (Å²) in [6.45, 7) is 6.56. The summed E-state index contributed by atoms with van der Waals surface area (Å²) in [5.41, 5.74) is 5.55. The van der Waals surface area contributed by atoms with Crippen molar-refractivity contribution in [3.8, 4) is 0 Å². The van der Waals surface area contributed by atoms with Gasteiger partial charge in [0.05, 0.1) is 6.54 Å². The number of aryl methyl sites for hydroxylation is 1. The molecule has 0 unspecified atom stereocenters. The molecule has 0 aliphatic rings. The number of amides is 1. The summed E-state index contributed by atoms with van der Waals surface area (Å²) in [7, 11) is 0. The molecular formula is C12H20N2OS. The normalized spacial score (nSPS) is 11.5. The molecule has 0 bridgehead atoms. The van der Waals surface area contributed by atoms with E-state index in [0.717, 1.165) is 0 Å². The van der Waals surface area contributed by atoms with Gasteiger partial charge < -0.3 is 11.1 Å². The van der Waals surface area contributed by atoms with Gasteiger partial charge in [-0.15, -0.1) is 11.3 Å². The molecule has 0 saturated heterocycles. The van der Waals surface area contributed by atoms with Gasteiger partial charge in [-0.3, -0.25) is 4.79 Å². The predicted octanol–water partition coefficient (Wildman–Crippen LogP) is 2.19. The van der Waals surface area contributed by atoms with Gasteiger partial charge in [0.2, 0.25) is 5.91 Å². The SMILES string of the molecule is Cc1ccc(CNC(=O)CCC(C)(C)N)s1. The number of nitrogens with two attached hydrogens (primary N) is 1. The molecule has 0 aromatic carbocycles. The smallest absolute Gasteiger partial charge is 0.220 e. The monoisotopic (exact) mass is 240 g/mol. The molecule has 3 N–H and O–H groups in total. The van der Waals surface area contributed by atoms with Crippen LogP contribution in [0.4, 0.5) is 0 Å². The lowest BCUT2D eigenvalue weighted by Gasteiger charge is -2.17. The second kappa shape index (κ2) is 5.46. The number of hydrogen-bond donors (Lipinski definition) is 2. The molecule has 0 spiro atoms. The maximum absolute atomic E-state index is 11.5. The lowest BCUT2D eigenvalue weighted by atomic mass is 10.00. The van der Waals surface area contributed by atoms with Crippen LogP contribution in [0.1, 0.15) is 36.4 Å². The van der Waals surface area contributed by atoms with Crippen LogP contribution in [0.2, 0.25) is 0 Å². The lowest BCUT2D eigenvalue weighted by Crippen LogP contribution is -2.34. The summed E-state index contributed by atoms with van der Waals surface area (Å²) in [5, 5.41) is 2.90. The van der Waals surface area contributed by atoms with E-state index in [4.69, 9.17) is 5.73 Å². The van der Waals surface area contributed by atoms with Gasteiger partial charge in [0, 0.05) is 21.7 Å². The summed E-state index contributed by atoms with van der Waals surface area (Å²) < 4.78 is 0. The first kappa shape index (κ1) is 13.2. The zero-order valence-corrected chi connectivity index (χ0v) is 11.0. The van der Waals surface area contributed by atoms with Gasteiger partial charge in [0.1, 0.15) is 0 Å². The predicted molar refractivity (Wildman–Crippen MR) is 68.4 cm³/mol. The minimum atomic E-state index is -0.267. The second-order valence-electron chi connectivity index (χ2n) is 4.78. The second-order valence-corrected chi connectivity index (χ2v) is 6.15. The van der Waals surface area contributed by atoms with Crippen molar-refractivity contribution in [2.75, 3.05) is 0 Å². The molecule has 0 fully saturated rings. The molecule has 3 nitrogen and oxygen atoms in total. The first-order chi connectivity index (χ1) is 7.37. The van der Waals surface area contributed by atoms with Crippen LogP contribution in [0, 0.1) is 6.92 Å². The number of carbonyl (C=O) groups excluding carboxylic acids is 1. The summed E-state index contributed by atoms with van der Waals surface area (Å²) in [4.78, 5) is 14.0. The number of rotatable bonds is 5. The van der Waals surface area contributed by atoms with Gasteiger partial charge >= 0.3 is 0 Å². The number of hydrogen-bond acceptors (Lipinski definition) is 3. The molecule has 1 heterocycles. The highest BCUT2D eigenvalue weighted by atomic mass is 32.1. The van der Waals surface area contributed by atoms with Crippen LogP contribution in [0.25, 0.3) is 0 Å². The Bertz CT molecular complexity index is 352. The van der Waals surface area contributed by atoms with E-state index in [-0.39, 0.29) is 11.4 Å². The van der Waals surface area contributed by atoms with Gasteiger partial charge in [-0.05, 0) is 39.3 Å². The van der Waals surface area contributed by atoms with Crippen LogP contribution in [0.3, 0.4) is 0 Å². The largest absolute Gasteiger partial charge is 0.351 e. The highest BCUT2D eigenvalue weighted by Gasteiger charge is 2.12. The highest BCUT2D eigenvalue weighted by Crippen LogP contribution is 2.14. The Hall–Kier alpha value is -0.870. The van der Waals surface area contributed by atoms with Crippen LogP contribution in [-0.2, 0) is 11.3 Å². The fraction of sp³-hybridized carbons (Fsp3) is 0.583. The van der Waals surface area contributed by atoms with Gasteiger partial charge in [-0.2, -0.15) is 0 Å². The van der Waals surface area contributed by atoms with Crippen molar-refractivity contribution >= 4 is 17.2 Å². The molecule has 0 atom stereocenters. The molecule has 4 heteroatoms. The third-order valence-corrected chi connectivity index (χ3v) is 3.25. The fourth-order valence-corrected chi connectivity index (χ4v) is 2.12. The zero-order valence-electron chi connectivity index (χ0n) is 10.2. The van der Waals surface area contributed by atoms with Crippen LogP contribution in [0.15, 0.2) is 12.1 Å². The quantitative estimate of drug-likeness (QED) is 0.829. The van der Waals surface area contributed by atoms with Crippen molar-refractivity contribution in [1.29, 1.82) is 0 Å². The van der Waals surface area contributed by atoms with Crippen molar-refractivity contribution < 1.29 is 4.79 Å². The number of carbonyl (C=O) groups is 1. The third kappa shape index (κ3) is 5.28. The molecule has 0 radical (unpaired) electrons. The molecular weight excluding hydrogens is 220 g/mol. The Morgan fingerprint density at radius 1 is 1.50 bits per heavy atom. The molecule has 16 heavy (non-hydrogen) atoms. The molecule has 0 saturated carbocycles. The van der Waals surface area contributed by atoms with E-state index >= 15 is 0 Å². The molecule has 1 amide bonds. The Balaban J connectivity index is 2.25. The van der Waals surface area contributed by atoms with Gasteiger partial charge in [0.15, 0.2) is 0 Å². The van der Waals surface area contributed by atoms with E-state index < -0.39 is 0 Å². The zero-order chi connectivity index (χ0) is 12.2. The van der Waals surface area contributed by atoms with E-state index in [2.05, 4.69) is 18.3 Å². The average molecular weight is 240 g/mol. The number of nitrogens with one attached hydrogen (secondary N) is 1. The van der Waals surface area contributed by atoms with E-state index in [1.807, 2.05) is 19.9 Å². The Labute approximate surface area is 101 Å². The van der Waals surface area contributed by atoms with Crippen LogP contribution in [0.5, 0.6) is 0 Å². The molecule has 1 aromatic heterocycles. The van der Waals surface area contributed by atoms with E-state index in [9.17, 15) is 4.79 Å². The Morgan fingerprint density at radius 2 is 2.19 bits per heavy atom. The molecule has 90 valence electrons. The summed E-state index contributed by atoms with van der Waals surface area (Å²) >= 11 is 1.71. The Morgan fingerprint density at radius 3 is 2.69 bits per heavy atom. The number of thiophene rings is 1. The minimum Gasteiger partial charge on any atom is -0.351 e. The summed E-state index contributed by atoms with van der Waals surface area (Å²) in [6.07, 6.45) is 1.20. The molecule has 1 aromatic rings. The summed E-state index contributed by atoms with van der Waals surface area (Å²) in [6, 6.07) is 4.11. The van der Waals surface area contributed by atoms with Crippen molar-refractivity contribution in [1.82, 2.24) is 5.32 Å². The average Bonchev–Trinajstić information content (AvgIpc) is 2.57. The maximum atomic E-state index is 11.5. The Kier molecular flexibility index (Phi) is 4.50. The van der Waals surface area contributed by atoms with Crippen molar-refractivity contribution in [3.63, 3.8) is 0 Å². The first-order valence-corrected chi connectivity index (χ1v) is 6.29. The van der Waals surface area contributed by atoms with E-state index in [0.29, 0.717) is 19.4 Å². The first-order valence-electron chi connectivity index (χ1n) is 5.48. The van der Waals surface area contributed by atoms with Gasteiger partial charge in [-0.25, -0.2) is 0 Å². The van der Waals surface area contributed by atoms with Crippen LogP contribution < -0.4 is 11.1 Å². The van der Waals surface area contributed by atoms with Crippen LogP contribution in [-0.4, -0.2) is 11.4 Å². The van der Waals surface area contributed by atoms with Crippen molar-refractivity contribution in [2.45, 2.75) is 45.7 Å². The molecule has 1 rings (SSSR count). The lowest BCUT2D eigenvalue weighted by molar-refractivity contribution is -0.121. The topological polar surface area (TPSA) is 55.1 Å². The third-order valence-electron chi connectivity index (χ3n) is 2.25. The van der Waals surface area contributed by atoms with E-state index in [1.54, 1.807) is 11.3 Å². The van der Waals surface area contributed by atoms with Gasteiger partial charge in [0.25, 0.3) is 0 Å². The minimum absolute atomic E-state index is 0.0737. The molecule has 0 aliphatic heterocycles. The van der Waals surface area contributed by atoms with Gasteiger partial charge in [-0.1, -0.05) is 0 Å². The van der Waals surface area contributed by atoms with Crippen molar-refractivity contribution in [3.05, 3.63) is 21.9 Å². The highest BCUT2D eigenvalue weighted by molar-refractivity contribution is 7.11. The van der Waals surface area contributed by atoms with Crippen molar-refractivity contribution in [2.24, 2.45) is 5.73 Å². The standard InChI is InChI=1S/C12H20N2OS/c1-9-4-5-10(16-9)8-14-11(15)6-7-12(2,3)13/h4-5H,6-8,13H2,1-3H3,(H,14,15). The molecule has 0 aliphatic carbocycles. The van der Waals surface area contributed by atoms with E-state index in [1.165, 1.54) is 9.75 Å². The fourth-order valence-electron chi connectivity index (χ4n) is 1.29. The summed E-state index contributed by atoms with van der Waals surface area (Å²) in [5.74, 6) is 0.0737. The maximum Gasteiger partial charge on any atom is 0.220 e.